The van der Waals surface area contributed by atoms with Crippen molar-refractivity contribution in [1.29, 1.82) is 0 Å². The Bertz CT molecular complexity index is 1170. The molecule has 1 N–H and O–H groups in total. The largest absolute Gasteiger partial charge is 0.488 e. The van der Waals surface area contributed by atoms with Gasteiger partial charge in [-0.25, -0.2) is 9.69 Å². The molecule has 1 aromatic heterocycles. The van der Waals surface area contributed by atoms with Crippen molar-refractivity contribution in [3.05, 3.63) is 62.2 Å². The van der Waals surface area contributed by atoms with Crippen molar-refractivity contribution in [2.75, 3.05) is 13.1 Å². The molecule has 1 amide bonds. The van der Waals surface area contributed by atoms with E-state index < -0.39 is 0 Å². The maximum absolute atomic E-state index is 13.2. The number of fused-ring (bicyclic) bond motifs is 3. The Morgan fingerprint density at radius 2 is 1.90 bits per heavy atom. The highest BCUT2D eigenvalue weighted by molar-refractivity contribution is 9.10. The molecule has 0 unspecified atom stereocenters. The lowest BCUT2D eigenvalue weighted by atomic mass is 10.0. The molecular weight excluding hydrogens is 503 g/mol. The van der Waals surface area contributed by atoms with E-state index in [1.54, 1.807) is 22.9 Å². The van der Waals surface area contributed by atoms with Gasteiger partial charge in [0.1, 0.15) is 12.4 Å². The van der Waals surface area contributed by atoms with Gasteiger partial charge in [0.2, 0.25) is 0 Å². The number of hydrogen-bond donors (Lipinski definition) is 1. The van der Waals surface area contributed by atoms with Crippen molar-refractivity contribution in [2.45, 2.75) is 25.9 Å². The van der Waals surface area contributed by atoms with Crippen LogP contribution >= 0.6 is 39.1 Å². The monoisotopic (exact) mass is 520 g/mol. The van der Waals surface area contributed by atoms with Gasteiger partial charge in [0.15, 0.2) is 5.69 Å². The minimum atomic E-state index is -0.244. The number of halogens is 3. The number of hydrogen-bond acceptors (Lipinski definition) is 4. The molecule has 0 bridgehead atoms. The third-order valence-corrected chi connectivity index (χ3v) is 6.55. The van der Waals surface area contributed by atoms with Crippen LogP contribution in [0.15, 0.2) is 40.9 Å². The second-order valence-corrected chi connectivity index (χ2v) is 9.36. The standard InChI is InChI=1S/C22H19BrCl2N4O2/c23-13-4-6-15-19(10-13)31-12-16-20(22(30)27-28-8-2-1-3-9-28)26-29(21(15)16)18-7-5-14(24)11-17(18)25/h4-7,10-11H,1-3,8-9,12H2,(H,27,30). The zero-order valence-electron chi connectivity index (χ0n) is 16.5. The Hall–Kier alpha value is -2.06. The number of amides is 1. The molecule has 2 aliphatic rings. The maximum atomic E-state index is 13.2. The average Bonchev–Trinajstić information content (AvgIpc) is 3.14. The van der Waals surface area contributed by atoms with E-state index in [-0.39, 0.29) is 12.5 Å². The molecule has 6 nitrogen and oxygen atoms in total. The first-order valence-corrected chi connectivity index (χ1v) is 11.6. The van der Waals surface area contributed by atoms with Gasteiger partial charge in [0.25, 0.3) is 5.91 Å². The molecule has 1 saturated heterocycles. The number of hydrazine groups is 1. The smallest absolute Gasteiger partial charge is 0.286 e. The van der Waals surface area contributed by atoms with Crippen LogP contribution < -0.4 is 10.2 Å². The van der Waals surface area contributed by atoms with E-state index in [1.807, 2.05) is 23.2 Å². The number of carbonyl (C=O) groups excluding carboxylic acids is 1. The van der Waals surface area contributed by atoms with Gasteiger partial charge in [-0.2, -0.15) is 5.10 Å². The molecule has 3 aromatic rings. The molecule has 0 spiro atoms. The summed E-state index contributed by atoms with van der Waals surface area (Å²) in [7, 11) is 0. The Labute approximate surface area is 198 Å². The topological polar surface area (TPSA) is 59.4 Å². The average molecular weight is 522 g/mol. The van der Waals surface area contributed by atoms with Crippen LogP contribution in [-0.2, 0) is 6.61 Å². The SMILES string of the molecule is O=C(NN1CCCCC1)c1nn(-c2ccc(Cl)cc2Cl)c2c1COc1cc(Br)ccc1-2. The second-order valence-electron chi connectivity index (χ2n) is 7.60. The van der Waals surface area contributed by atoms with Crippen molar-refractivity contribution in [3.63, 3.8) is 0 Å². The number of rotatable bonds is 3. The molecule has 9 heteroatoms. The molecule has 31 heavy (non-hydrogen) atoms. The van der Waals surface area contributed by atoms with Gasteiger partial charge >= 0.3 is 0 Å². The Morgan fingerprint density at radius 1 is 1.10 bits per heavy atom. The van der Waals surface area contributed by atoms with Gasteiger partial charge in [0, 0.05) is 33.7 Å². The van der Waals surface area contributed by atoms with Crippen molar-refractivity contribution in [1.82, 2.24) is 20.2 Å². The molecular formula is C22H19BrCl2N4O2. The van der Waals surface area contributed by atoms with Crippen LogP contribution in [0.5, 0.6) is 5.75 Å². The van der Waals surface area contributed by atoms with Gasteiger partial charge in [0.05, 0.1) is 16.4 Å². The van der Waals surface area contributed by atoms with Crippen molar-refractivity contribution in [2.24, 2.45) is 0 Å². The van der Waals surface area contributed by atoms with E-state index in [0.29, 0.717) is 21.4 Å². The van der Waals surface area contributed by atoms with Crippen molar-refractivity contribution >= 4 is 45.0 Å². The molecule has 0 radical (unpaired) electrons. The summed E-state index contributed by atoms with van der Waals surface area (Å²) >= 11 is 16.1. The lowest BCUT2D eigenvalue weighted by Crippen LogP contribution is -2.45. The van der Waals surface area contributed by atoms with Crippen LogP contribution in [0.2, 0.25) is 10.0 Å². The first-order chi connectivity index (χ1) is 15.0. The van der Waals surface area contributed by atoms with Crippen LogP contribution in [0.1, 0.15) is 35.3 Å². The summed E-state index contributed by atoms with van der Waals surface area (Å²) in [4.78, 5) is 13.2. The summed E-state index contributed by atoms with van der Waals surface area (Å²) in [5, 5.41) is 7.64. The van der Waals surface area contributed by atoms with Gasteiger partial charge in [-0.3, -0.25) is 10.2 Å². The predicted octanol–water partition coefficient (Wildman–Crippen LogP) is 5.63. The Kier molecular flexibility index (Phi) is 5.69. The van der Waals surface area contributed by atoms with Gasteiger partial charge < -0.3 is 4.74 Å². The maximum Gasteiger partial charge on any atom is 0.286 e. The van der Waals surface area contributed by atoms with E-state index >= 15 is 0 Å². The predicted molar refractivity (Wildman–Crippen MR) is 124 cm³/mol. The van der Waals surface area contributed by atoms with E-state index in [2.05, 4.69) is 21.4 Å². The van der Waals surface area contributed by atoms with E-state index in [0.717, 1.165) is 53.0 Å². The summed E-state index contributed by atoms with van der Waals surface area (Å²) in [5.74, 6) is 0.474. The first kappa shape index (κ1) is 20.8. The highest BCUT2D eigenvalue weighted by Gasteiger charge is 2.31. The number of benzene rings is 2. The summed E-state index contributed by atoms with van der Waals surface area (Å²) < 4.78 is 8.61. The lowest BCUT2D eigenvalue weighted by molar-refractivity contribution is 0.0742. The number of piperidine rings is 1. The van der Waals surface area contributed by atoms with Gasteiger partial charge in [-0.15, -0.1) is 0 Å². The summed E-state index contributed by atoms with van der Waals surface area (Å²) in [6.07, 6.45) is 3.32. The number of carbonyl (C=O) groups is 1. The summed E-state index contributed by atoms with van der Waals surface area (Å²) in [6.45, 7) is 1.92. The van der Waals surface area contributed by atoms with Crippen molar-refractivity contribution in [3.8, 4) is 22.7 Å². The molecule has 3 heterocycles. The van der Waals surface area contributed by atoms with E-state index in [4.69, 9.17) is 33.0 Å². The number of ether oxygens (including phenoxy) is 1. The van der Waals surface area contributed by atoms with Crippen LogP contribution in [0.4, 0.5) is 0 Å². The second kappa shape index (κ2) is 8.47. The third kappa shape index (κ3) is 3.96. The Morgan fingerprint density at radius 3 is 2.68 bits per heavy atom. The molecule has 0 aliphatic carbocycles. The fourth-order valence-corrected chi connectivity index (χ4v) is 4.87. The normalized spacial score (nSPS) is 15.7. The highest BCUT2D eigenvalue weighted by atomic mass is 79.9. The van der Waals surface area contributed by atoms with E-state index in [9.17, 15) is 4.79 Å². The molecule has 2 aliphatic heterocycles. The zero-order chi connectivity index (χ0) is 21.5. The summed E-state index contributed by atoms with van der Waals surface area (Å²) in [6, 6.07) is 11.0. The molecule has 0 saturated carbocycles. The molecule has 0 atom stereocenters. The van der Waals surface area contributed by atoms with Crippen LogP contribution in [0.3, 0.4) is 0 Å². The minimum absolute atomic E-state index is 0.243. The quantitative estimate of drug-likeness (QED) is 0.485. The Balaban J connectivity index is 1.64. The third-order valence-electron chi connectivity index (χ3n) is 5.52. The molecule has 1 fully saturated rings. The lowest BCUT2D eigenvalue weighted by Gasteiger charge is -2.26. The van der Waals surface area contributed by atoms with Gasteiger partial charge in [-0.1, -0.05) is 45.6 Å². The molecule has 160 valence electrons. The number of nitrogens with zero attached hydrogens (tertiary/aromatic N) is 3. The fourth-order valence-electron chi connectivity index (χ4n) is 4.04. The van der Waals surface area contributed by atoms with Crippen LogP contribution in [0.25, 0.3) is 16.9 Å². The van der Waals surface area contributed by atoms with Crippen LogP contribution in [-0.4, -0.2) is 33.8 Å². The minimum Gasteiger partial charge on any atom is -0.488 e. The number of nitrogens with one attached hydrogen (secondary N) is 1. The number of aromatic nitrogens is 2. The van der Waals surface area contributed by atoms with Crippen molar-refractivity contribution < 1.29 is 9.53 Å². The fraction of sp³-hybridized carbons (Fsp3) is 0.273. The summed E-state index contributed by atoms with van der Waals surface area (Å²) in [5.41, 5.74) is 6.36. The van der Waals surface area contributed by atoms with Crippen LogP contribution in [0, 0.1) is 0 Å². The zero-order valence-corrected chi connectivity index (χ0v) is 19.6. The molecule has 5 rings (SSSR count). The first-order valence-electron chi connectivity index (χ1n) is 10.1. The highest BCUT2D eigenvalue weighted by Crippen LogP contribution is 2.42. The van der Waals surface area contributed by atoms with Gasteiger partial charge in [-0.05, 0) is 49.2 Å². The molecule has 2 aromatic carbocycles. The van der Waals surface area contributed by atoms with E-state index in [1.165, 1.54) is 6.42 Å².